The van der Waals surface area contributed by atoms with E-state index < -0.39 is 12.1 Å². The van der Waals surface area contributed by atoms with E-state index in [4.69, 9.17) is 5.73 Å². The number of nitrogens with one attached hydrogen (secondary N) is 3. The molecule has 1 aliphatic rings. The number of carbonyl (C=O) groups excluding carboxylic acids is 2. The third-order valence-corrected chi connectivity index (χ3v) is 3.94. The number of rotatable bonds is 6. The Hall–Kier alpha value is -2.05. The van der Waals surface area contributed by atoms with E-state index in [0.29, 0.717) is 6.54 Å². The highest BCUT2D eigenvalue weighted by Gasteiger charge is 2.19. The first-order valence-electron chi connectivity index (χ1n) is 7.83. The van der Waals surface area contributed by atoms with Crippen molar-refractivity contribution in [3.05, 3.63) is 47.0 Å². The number of nitrogens with two attached hydrogens (primary N) is 1. The second-order valence-electron chi connectivity index (χ2n) is 5.72. The fourth-order valence-electron chi connectivity index (χ4n) is 2.69. The molecule has 1 aromatic carbocycles. The summed E-state index contributed by atoms with van der Waals surface area (Å²) in [5.41, 5.74) is 8.40. The third-order valence-electron chi connectivity index (χ3n) is 3.94. The van der Waals surface area contributed by atoms with Crippen LogP contribution < -0.4 is 21.7 Å². The maximum Gasteiger partial charge on any atom is 0.312 e. The van der Waals surface area contributed by atoms with Crippen molar-refractivity contribution < 1.29 is 9.59 Å². The predicted octanol–water partition coefficient (Wildman–Crippen LogP) is 1.55. The van der Waals surface area contributed by atoms with Crippen LogP contribution in [-0.4, -0.2) is 31.6 Å². The topological polar surface area (TPSA) is 96.2 Å². The minimum Gasteiger partial charge on any atom is -0.352 e. The first kappa shape index (κ1) is 20.0. The van der Waals surface area contributed by atoms with E-state index in [1.807, 2.05) is 31.2 Å². The zero-order valence-corrected chi connectivity index (χ0v) is 14.6. The Morgan fingerprint density at radius 3 is 2.71 bits per heavy atom. The lowest BCUT2D eigenvalue weighted by atomic mass is 9.98. The Bertz CT molecular complexity index is 604. The van der Waals surface area contributed by atoms with E-state index >= 15 is 0 Å². The molecule has 0 spiro atoms. The molecule has 7 heteroatoms. The van der Waals surface area contributed by atoms with Crippen molar-refractivity contribution in [1.82, 2.24) is 16.0 Å². The van der Waals surface area contributed by atoms with Gasteiger partial charge >= 0.3 is 6.03 Å². The molecule has 0 saturated heterocycles. The van der Waals surface area contributed by atoms with Crippen molar-refractivity contribution in [3.8, 4) is 0 Å². The quantitative estimate of drug-likeness (QED) is 0.585. The highest BCUT2D eigenvalue weighted by molar-refractivity contribution is 5.85. The smallest absolute Gasteiger partial charge is 0.312 e. The summed E-state index contributed by atoms with van der Waals surface area (Å²) in [4.78, 5) is 23.5. The summed E-state index contributed by atoms with van der Waals surface area (Å²) in [7, 11) is 0. The molecule has 3 amide bonds. The summed E-state index contributed by atoms with van der Waals surface area (Å²) < 4.78 is 0. The van der Waals surface area contributed by atoms with Crippen LogP contribution in [0.5, 0.6) is 0 Å². The molecule has 0 radical (unpaired) electrons. The van der Waals surface area contributed by atoms with Crippen LogP contribution in [0.1, 0.15) is 30.0 Å². The zero-order valence-electron chi connectivity index (χ0n) is 13.8. The molecule has 1 unspecified atom stereocenters. The molecule has 24 heavy (non-hydrogen) atoms. The van der Waals surface area contributed by atoms with Gasteiger partial charge in [-0.1, -0.05) is 35.9 Å². The molecule has 1 heterocycles. The van der Waals surface area contributed by atoms with Gasteiger partial charge in [0.15, 0.2) is 0 Å². The summed E-state index contributed by atoms with van der Waals surface area (Å²) in [5.74, 6) is -0.105. The van der Waals surface area contributed by atoms with Crippen molar-refractivity contribution in [3.63, 3.8) is 0 Å². The first-order chi connectivity index (χ1) is 11.1. The average molecular weight is 353 g/mol. The minimum absolute atomic E-state index is 0. The van der Waals surface area contributed by atoms with Crippen LogP contribution in [-0.2, 0) is 4.79 Å². The average Bonchev–Trinajstić information content (AvgIpc) is 2.53. The highest BCUT2D eigenvalue weighted by atomic mass is 35.5. The van der Waals surface area contributed by atoms with Crippen LogP contribution in [0, 0.1) is 6.92 Å². The van der Waals surface area contributed by atoms with Gasteiger partial charge in [0, 0.05) is 13.1 Å². The number of urea groups is 1. The minimum atomic E-state index is -0.632. The van der Waals surface area contributed by atoms with Crippen molar-refractivity contribution in [2.24, 2.45) is 5.73 Å². The van der Waals surface area contributed by atoms with Gasteiger partial charge in [-0.05, 0) is 31.0 Å². The van der Waals surface area contributed by atoms with Crippen LogP contribution in [0.15, 0.2) is 35.9 Å². The third kappa shape index (κ3) is 6.22. The van der Waals surface area contributed by atoms with Gasteiger partial charge in [-0.25, -0.2) is 4.79 Å². The lowest BCUT2D eigenvalue weighted by molar-refractivity contribution is -0.121. The Labute approximate surface area is 148 Å². The van der Waals surface area contributed by atoms with E-state index in [1.165, 1.54) is 5.57 Å². The molecular formula is C17H25ClN4O2. The first-order valence-corrected chi connectivity index (χ1v) is 7.83. The summed E-state index contributed by atoms with van der Waals surface area (Å²) in [5, 5.41) is 8.81. The number of amides is 3. The second-order valence-corrected chi connectivity index (χ2v) is 5.72. The van der Waals surface area contributed by atoms with Crippen LogP contribution in [0.4, 0.5) is 4.79 Å². The summed E-state index contributed by atoms with van der Waals surface area (Å²) in [6.45, 7) is 4.29. The normalized spacial score (nSPS) is 14.8. The Morgan fingerprint density at radius 1 is 1.33 bits per heavy atom. The monoisotopic (exact) mass is 352 g/mol. The van der Waals surface area contributed by atoms with E-state index in [0.717, 1.165) is 30.6 Å². The van der Waals surface area contributed by atoms with Crippen molar-refractivity contribution in [2.45, 2.75) is 25.8 Å². The largest absolute Gasteiger partial charge is 0.352 e. The van der Waals surface area contributed by atoms with Gasteiger partial charge in [0.25, 0.3) is 0 Å². The van der Waals surface area contributed by atoms with E-state index in [9.17, 15) is 9.59 Å². The number of hydrogen-bond donors (Lipinski definition) is 4. The number of carbonyl (C=O) groups is 2. The van der Waals surface area contributed by atoms with E-state index in [1.54, 1.807) is 0 Å². The SMILES string of the molecule is Cc1ccccc1C(CC(=O)NCC1=CCNCC1)NC(N)=O.Cl. The second kappa shape index (κ2) is 9.95. The van der Waals surface area contributed by atoms with Crippen LogP contribution in [0.25, 0.3) is 0 Å². The Kier molecular flexibility index (Phi) is 8.29. The number of primary amides is 1. The van der Waals surface area contributed by atoms with E-state index in [2.05, 4.69) is 22.0 Å². The fraction of sp³-hybridized carbons (Fsp3) is 0.412. The van der Waals surface area contributed by atoms with Gasteiger partial charge in [0.2, 0.25) is 5.91 Å². The summed E-state index contributed by atoms with van der Waals surface area (Å²) in [6.07, 6.45) is 3.21. The molecular weight excluding hydrogens is 328 g/mol. The van der Waals surface area contributed by atoms with Gasteiger partial charge < -0.3 is 21.7 Å². The molecule has 0 saturated carbocycles. The predicted molar refractivity (Wildman–Crippen MR) is 97.1 cm³/mol. The summed E-state index contributed by atoms with van der Waals surface area (Å²) in [6, 6.07) is 6.60. The molecule has 6 nitrogen and oxygen atoms in total. The number of halogens is 1. The van der Waals surface area contributed by atoms with Crippen molar-refractivity contribution in [2.75, 3.05) is 19.6 Å². The summed E-state index contributed by atoms with van der Waals surface area (Å²) >= 11 is 0. The molecule has 0 bridgehead atoms. The van der Waals surface area contributed by atoms with E-state index in [-0.39, 0.29) is 24.7 Å². The fourth-order valence-corrected chi connectivity index (χ4v) is 2.69. The standard InChI is InChI=1S/C17H24N4O2.ClH/c1-12-4-2-3-5-14(12)15(21-17(18)23)10-16(22)20-11-13-6-8-19-9-7-13;/h2-6,15,19H,7-11H2,1H3,(H,20,22)(H3,18,21,23);1H. The van der Waals surface area contributed by atoms with Crippen LogP contribution in [0.2, 0.25) is 0 Å². The lowest BCUT2D eigenvalue weighted by Crippen LogP contribution is -2.37. The highest BCUT2D eigenvalue weighted by Crippen LogP contribution is 2.20. The molecule has 0 fully saturated rings. The molecule has 1 atom stereocenters. The molecule has 1 aliphatic heterocycles. The van der Waals surface area contributed by atoms with Gasteiger partial charge in [0.05, 0.1) is 12.5 Å². The maximum atomic E-state index is 12.2. The van der Waals surface area contributed by atoms with Gasteiger partial charge in [-0.2, -0.15) is 0 Å². The Morgan fingerprint density at radius 2 is 2.08 bits per heavy atom. The van der Waals surface area contributed by atoms with Crippen LogP contribution in [0.3, 0.4) is 0 Å². The maximum absolute atomic E-state index is 12.2. The molecule has 0 aromatic heterocycles. The van der Waals surface area contributed by atoms with Crippen LogP contribution >= 0.6 is 12.4 Å². The molecule has 0 aliphatic carbocycles. The Balaban J connectivity index is 0.00000288. The zero-order chi connectivity index (χ0) is 16.7. The lowest BCUT2D eigenvalue weighted by Gasteiger charge is -2.20. The number of aryl methyl sites for hydroxylation is 1. The number of benzene rings is 1. The molecule has 2 rings (SSSR count). The van der Waals surface area contributed by atoms with Gasteiger partial charge in [0.1, 0.15) is 0 Å². The molecule has 132 valence electrons. The van der Waals surface area contributed by atoms with Crippen molar-refractivity contribution >= 4 is 24.3 Å². The molecule has 5 N–H and O–H groups in total. The number of hydrogen-bond acceptors (Lipinski definition) is 3. The van der Waals surface area contributed by atoms with Gasteiger partial charge in [-0.3, -0.25) is 4.79 Å². The molecule has 1 aromatic rings. The van der Waals surface area contributed by atoms with Crippen molar-refractivity contribution in [1.29, 1.82) is 0 Å². The van der Waals surface area contributed by atoms with Gasteiger partial charge in [-0.15, -0.1) is 12.4 Å².